The molecule has 0 N–H and O–H groups in total. The van der Waals surface area contributed by atoms with Crippen molar-refractivity contribution >= 4 is 59.9 Å². The molecule has 0 saturated carbocycles. The molecule has 0 spiro atoms. The van der Waals surface area contributed by atoms with E-state index in [0.29, 0.717) is 0 Å². The van der Waals surface area contributed by atoms with Crippen molar-refractivity contribution < 1.29 is 0 Å². The Morgan fingerprint density at radius 3 is 2.02 bits per heavy atom. The average molecular weight is 587 g/mol. The van der Waals surface area contributed by atoms with Crippen molar-refractivity contribution in [3.63, 3.8) is 0 Å². The lowest BCUT2D eigenvalue weighted by molar-refractivity contribution is 0.983. The lowest BCUT2D eigenvalue weighted by Crippen LogP contribution is -1.95. The fourth-order valence-corrected chi connectivity index (χ4v) is 7.27. The van der Waals surface area contributed by atoms with Crippen molar-refractivity contribution in [2.75, 3.05) is 0 Å². The summed E-state index contributed by atoms with van der Waals surface area (Å²) in [7, 11) is 0. The van der Waals surface area contributed by atoms with Crippen LogP contribution in [-0.2, 0) is 0 Å². The maximum Gasteiger partial charge on any atom is 0.0933 e. The molecule has 0 fully saturated rings. The molecule has 0 aliphatic rings. The number of benzene rings is 6. The van der Waals surface area contributed by atoms with Crippen molar-refractivity contribution in [3.8, 4) is 28.1 Å². The first-order valence-electron chi connectivity index (χ1n) is 15.6. The Kier molecular flexibility index (Phi) is 5.25. The van der Waals surface area contributed by atoms with E-state index >= 15 is 0 Å². The van der Waals surface area contributed by atoms with Gasteiger partial charge in [-0.2, -0.15) is 5.10 Å². The second-order valence-corrected chi connectivity index (χ2v) is 11.9. The van der Waals surface area contributed by atoms with E-state index in [0.717, 1.165) is 50.0 Å². The van der Waals surface area contributed by atoms with Gasteiger partial charge in [0.25, 0.3) is 0 Å². The monoisotopic (exact) mass is 586 g/mol. The molecule has 4 nitrogen and oxygen atoms in total. The number of hydrogen-bond donors (Lipinski definition) is 0. The lowest BCUT2D eigenvalue weighted by atomic mass is 9.96. The van der Waals surface area contributed by atoms with E-state index in [1.54, 1.807) is 0 Å². The molecule has 0 radical (unpaired) electrons. The van der Waals surface area contributed by atoms with Gasteiger partial charge in [-0.05, 0) is 48.0 Å². The van der Waals surface area contributed by atoms with Gasteiger partial charge in [0.2, 0.25) is 0 Å². The summed E-state index contributed by atoms with van der Waals surface area (Å²) in [6.07, 6.45) is 2.14. The third kappa shape index (κ3) is 3.61. The van der Waals surface area contributed by atoms with Gasteiger partial charge in [0.15, 0.2) is 0 Å². The standard InChI is InChI=1S/C42H26N4/c1-2-11-27(12-3-1)42-34-22-24-39-41(40(34)32-16-5-7-18-35(32)43-42)33-17-6-9-20-38(33)46(39)30-14-10-13-28(25-30)29-21-23-37-31-15-4-8-19-36(31)44-45(37)26-29/h1-26H. The molecule has 0 unspecified atom stereocenters. The molecule has 46 heavy (non-hydrogen) atoms. The third-order valence-electron chi connectivity index (χ3n) is 9.31. The highest BCUT2D eigenvalue weighted by Gasteiger charge is 2.19. The number of nitrogens with zero attached hydrogens (tertiary/aromatic N) is 4. The van der Waals surface area contributed by atoms with Gasteiger partial charge in [0, 0.05) is 55.3 Å². The molecular formula is C42H26N4. The fourth-order valence-electron chi connectivity index (χ4n) is 7.27. The maximum absolute atomic E-state index is 5.19. The van der Waals surface area contributed by atoms with Crippen LogP contribution in [0.1, 0.15) is 0 Å². The van der Waals surface area contributed by atoms with E-state index in [2.05, 4.69) is 156 Å². The van der Waals surface area contributed by atoms with Crippen LogP contribution in [0.4, 0.5) is 0 Å². The smallest absolute Gasteiger partial charge is 0.0933 e. The Morgan fingerprint density at radius 2 is 1.13 bits per heavy atom. The van der Waals surface area contributed by atoms with Gasteiger partial charge >= 0.3 is 0 Å². The number of hydrogen-bond acceptors (Lipinski definition) is 2. The van der Waals surface area contributed by atoms with E-state index < -0.39 is 0 Å². The van der Waals surface area contributed by atoms with Gasteiger partial charge in [0.05, 0.1) is 33.3 Å². The Balaban J connectivity index is 1.25. The molecule has 4 aromatic heterocycles. The zero-order chi connectivity index (χ0) is 30.2. The van der Waals surface area contributed by atoms with Gasteiger partial charge in [-0.3, -0.25) is 0 Å². The Hall–Kier alpha value is -6.26. The number of para-hydroxylation sites is 2. The highest BCUT2D eigenvalue weighted by atomic mass is 15.2. The van der Waals surface area contributed by atoms with E-state index in [9.17, 15) is 0 Å². The largest absolute Gasteiger partial charge is 0.309 e. The van der Waals surface area contributed by atoms with E-state index in [1.807, 2.05) is 10.6 Å². The first-order chi connectivity index (χ1) is 22.8. The molecule has 214 valence electrons. The summed E-state index contributed by atoms with van der Waals surface area (Å²) in [5.41, 5.74) is 11.0. The molecule has 0 atom stereocenters. The molecule has 0 aliphatic heterocycles. The van der Waals surface area contributed by atoms with Gasteiger partial charge in [0.1, 0.15) is 0 Å². The summed E-state index contributed by atoms with van der Waals surface area (Å²) in [4.78, 5) is 5.19. The topological polar surface area (TPSA) is 35.1 Å². The summed E-state index contributed by atoms with van der Waals surface area (Å²) in [5, 5.41) is 12.1. The number of rotatable bonds is 3. The van der Waals surface area contributed by atoms with E-state index in [1.165, 1.54) is 38.0 Å². The zero-order valence-corrected chi connectivity index (χ0v) is 24.8. The van der Waals surface area contributed by atoms with Crippen LogP contribution in [0, 0.1) is 0 Å². The van der Waals surface area contributed by atoms with Gasteiger partial charge < -0.3 is 4.57 Å². The summed E-state index contributed by atoms with van der Waals surface area (Å²) in [6, 6.07) is 53.9. The van der Waals surface area contributed by atoms with Crippen molar-refractivity contribution in [3.05, 3.63) is 158 Å². The molecular weight excluding hydrogens is 560 g/mol. The molecule has 10 aromatic rings. The minimum atomic E-state index is 1.00. The summed E-state index contributed by atoms with van der Waals surface area (Å²) in [6.45, 7) is 0. The lowest BCUT2D eigenvalue weighted by Gasteiger charge is -2.13. The molecule has 4 heteroatoms. The van der Waals surface area contributed by atoms with Crippen LogP contribution in [0.3, 0.4) is 0 Å². The highest BCUT2D eigenvalue weighted by molar-refractivity contribution is 6.29. The van der Waals surface area contributed by atoms with Gasteiger partial charge in [-0.1, -0.05) is 109 Å². The van der Waals surface area contributed by atoms with Crippen LogP contribution in [0.15, 0.2) is 158 Å². The van der Waals surface area contributed by atoms with Crippen molar-refractivity contribution in [2.24, 2.45) is 0 Å². The van der Waals surface area contributed by atoms with Crippen LogP contribution >= 0.6 is 0 Å². The van der Waals surface area contributed by atoms with E-state index in [-0.39, 0.29) is 0 Å². The molecule has 4 heterocycles. The number of aromatic nitrogens is 4. The van der Waals surface area contributed by atoms with Crippen molar-refractivity contribution in [1.29, 1.82) is 0 Å². The van der Waals surface area contributed by atoms with Crippen LogP contribution in [0.25, 0.3) is 88.0 Å². The third-order valence-corrected chi connectivity index (χ3v) is 9.31. The van der Waals surface area contributed by atoms with Crippen molar-refractivity contribution in [1.82, 2.24) is 19.2 Å². The van der Waals surface area contributed by atoms with Crippen molar-refractivity contribution in [2.45, 2.75) is 0 Å². The van der Waals surface area contributed by atoms with Crippen LogP contribution in [0.2, 0.25) is 0 Å². The zero-order valence-electron chi connectivity index (χ0n) is 24.8. The predicted octanol–water partition coefficient (Wildman–Crippen LogP) is 10.6. The first kappa shape index (κ1) is 25.1. The summed E-state index contributed by atoms with van der Waals surface area (Å²) in [5.74, 6) is 0. The normalized spacial score (nSPS) is 11.9. The fraction of sp³-hybridized carbons (Fsp3) is 0. The first-order valence-corrected chi connectivity index (χ1v) is 15.6. The minimum absolute atomic E-state index is 1.00. The molecule has 0 aliphatic carbocycles. The van der Waals surface area contributed by atoms with Gasteiger partial charge in [-0.15, -0.1) is 0 Å². The Morgan fingerprint density at radius 1 is 0.413 bits per heavy atom. The molecule has 0 bridgehead atoms. The number of pyridine rings is 2. The Labute approximate surface area is 264 Å². The van der Waals surface area contributed by atoms with Crippen LogP contribution in [-0.4, -0.2) is 19.2 Å². The molecule has 6 aromatic carbocycles. The highest BCUT2D eigenvalue weighted by Crippen LogP contribution is 2.42. The summed E-state index contributed by atoms with van der Waals surface area (Å²) >= 11 is 0. The summed E-state index contributed by atoms with van der Waals surface area (Å²) < 4.78 is 4.41. The molecule has 0 amide bonds. The molecule has 10 rings (SSSR count). The second-order valence-electron chi connectivity index (χ2n) is 11.9. The maximum atomic E-state index is 5.19. The average Bonchev–Trinajstić information content (AvgIpc) is 3.67. The minimum Gasteiger partial charge on any atom is -0.309 e. The predicted molar refractivity (Wildman–Crippen MR) is 191 cm³/mol. The second kappa shape index (κ2) is 9.62. The van der Waals surface area contributed by atoms with Gasteiger partial charge in [-0.25, -0.2) is 9.50 Å². The van der Waals surface area contributed by atoms with Crippen LogP contribution in [0.5, 0.6) is 0 Å². The SMILES string of the molecule is c1ccc(-c2nc3ccccc3c3c2ccc2c3c3ccccc3n2-c2cccc(-c3ccc4c5ccccc5nn4c3)c2)cc1. The van der Waals surface area contributed by atoms with Crippen LogP contribution < -0.4 is 0 Å². The Bertz CT molecular complexity index is 2810. The molecule has 0 saturated heterocycles. The quantitative estimate of drug-likeness (QED) is 0.193. The van der Waals surface area contributed by atoms with E-state index in [4.69, 9.17) is 10.1 Å². The number of fused-ring (bicyclic) bond motifs is 10.